The smallest absolute Gasteiger partial charge is 0.0345 e. The van der Waals surface area contributed by atoms with Crippen LogP contribution in [0, 0.1) is 0 Å². The third-order valence-corrected chi connectivity index (χ3v) is 4.31. The van der Waals surface area contributed by atoms with E-state index in [0.717, 1.165) is 0 Å². The van der Waals surface area contributed by atoms with E-state index in [-0.39, 0.29) is 0 Å². The molecule has 0 aliphatic carbocycles. The highest BCUT2D eigenvalue weighted by atomic mass is 32.1. The van der Waals surface area contributed by atoms with Gasteiger partial charge in [0, 0.05) is 16.1 Å². The molecule has 0 aliphatic heterocycles. The van der Waals surface area contributed by atoms with Crippen molar-refractivity contribution in [2.24, 2.45) is 0 Å². The van der Waals surface area contributed by atoms with Crippen LogP contribution in [0.3, 0.4) is 0 Å². The highest BCUT2D eigenvalue weighted by Crippen LogP contribution is 2.25. The standard InChI is InChI=1S/C15H21NS/c1-3-10-16(4-2)11-9-14-12-13-7-5-6-8-15(13)17-14/h5-8,12H,3-4,9-11H2,1-2H3. The molecule has 0 unspecified atom stereocenters. The van der Waals surface area contributed by atoms with Gasteiger partial charge >= 0.3 is 0 Å². The van der Waals surface area contributed by atoms with Crippen LogP contribution in [0.4, 0.5) is 0 Å². The summed E-state index contributed by atoms with van der Waals surface area (Å²) >= 11 is 1.94. The lowest BCUT2D eigenvalue weighted by Gasteiger charge is -2.18. The molecule has 0 aliphatic rings. The van der Waals surface area contributed by atoms with Crippen LogP contribution in [0.2, 0.25) is 0 Å². The second-order valence-electron chi connectivity index (χ2n) is 4.43. The Kier molecular flexibility index (Phi) is 4.57. The highest BCUT2D eigenvalue weighted by Gasteiger charge is 2.04. The summed E-state index contributed by atoms with van der Waals surface area (Å²) in [6, 6.07) is 11.0. The first kappa shape index (κ1) is 12.6. The zero-order valence-corrected chi connectivity index (χ0v) is 11.6. The largest absolute Gasteiger partial charge is 0.303 e. The van der Waals surface area contributed by atoms with Gasteiger partial charge in [0.1, 0.15) is 0 Å². The molecule has 0 saturated heterocycles. The molecule has 0 atom stereocenters. The van der Waals surface area contributed by atoms with Gasteiger partial charge in [0.05, 0.1) is 0 Å². The van der Waals surface area contributed by atoms with Gasteiger partial charge in [-0.3, -0.25) is 0 Å². The van der Waals surface area contributed by atoms with Crippen molar-refractivity contribution >= 4 is 21.4 Å². The number of benzene rings is 1. The van der Waals surface area contributed by atoms with Gasteiger partial charge < -0.3 is 4.90 Å². The maximum absolute atomic E-state index is 2.53. The van der Waals surface area contributed by atoms with Crippen molar-refractivity contribution in [3.8, 4) is 0 Å². The number of hydrogen-bond acceptors (Lipinski definition) is 2. The number of hydrogen-bond donors (Lipinski definition) is 0. The van der Waals surface area contributed by atoms with Gasteiger partial charge in [-0.1, -0.05) is 32.0 Å². The molecule has 0 radical (unpaired) electrons. The molecule has 1 heterocycles. The molecule has 0 saturated carbocycles. The molecule has 2 heteroatoms. The molecule has 0 amide bonds. The van der Waals surface area contributed by atoms with Crippen LogP contribution in [-0.4, -0.2) is 24.5 Å². The second kappa shape index (κ2) is 6.18. The van der Waals surface area contributed by atoms with Crippen molar-refractivity contribution in [1.29, 1.82) is 0 Å². The van der Waals surface area contributed by atoms with E-state index in [4.69, 9.17) is 0 Å². The van der Waals surface area contributed by atoms with Crippen LogP contribution in [-0.2, 0) is 6.42 Å². The second-order valence-corrected chi connectivity index (χ2v) is 5.60. The molecule has 2 rings (SSSR count). The maximum atomic E-state index is 2.53. The summed E-state index contributed by atoms with van der Waals surface area (Å²) in [5.41, 5.74) is 0. The van der Waals surface area contributed by atoms with E-state index in [1.54, 1.807) is 0 Å². The Morgan fingerprint density at radius 1 is 1.12 bits per heavy atom. The van der Waals surface area contributed by atoms with Gasteiger partial charge in [-0.25, -0.2) is 0 Å². The fourth-order valence-corrected chi connectivity index (χ4v) is 3.23. The zero-order valence-electron chi connectivity index (χ0n) is 10.8. The van der Waals surface area contributed by atoms with E-state index in [1.165, 1.54) is 47.4 Å². The minimum absolute atomic E-state index is 1.17. The van der Waals surface area contributed by atoms with Crippen LogP contribution in [0.15, 0.2) is 30.3 Å². The number of thiophene rings is 1. The Hall–Kier alpha value is -0.860. The van der Waals surface area contributed by atoms with Gasteiger partial charge in [-0.2, -0.15) is 0 Å². The maximum Gasteiger partial charge on any atom is 0.0345 e. The summed E-state index contributed by atoms with van der Waals surface area (Å²) in [5, 5.41) is 1.39. The Balaban J connectivity index is 1.98. The molecule has 92 valence electrons. The van der Waals surface area contributed by atoms with E-state index >= 15 is 0 Å². The summed E-state index contributed by atoms with van der Waals surface area (Å²) in [7, 11) is 0. The zero-order chi connectivity index (χ0) is 12.1. The minimum Gasteiger partial charge on any atom is -0.303 e. The lowest BCUT2D eigenvalue weighted by atomic mass is 10.2. The fraction of sp³-hybridized carbons (Fsp3) is 0.467. The van der Waals surface area contributed by atoms with Gasteiger partial charge in [-0.15, -0.1) is 11.3 Å². The molecule has 1 aromatic heterocycles. The first-order chi connectivity index (χ1) is 8.33. The number of rotatable bonds is 6. The first-order valence-corrected chi connectivity index (χ1v) is 7.35. The van der Waals surface area contributed by atoms with Crippen molar-refractivity contribution in [1.82, 2.24) is 4.90 Å². The number of fused-ring (bicyclic) bond motifs is 1. The van der Waals surface area contributed by atoms with E-state index in [0.29, 0.717) is 0 Å². The monoisotopic (exact) mass is 247 g/mol. The van der Waals surface area contributed by atoms with Crippen LogP contribution in [0.5, 0.6) is 0 Å². The molecule has 0 spiro atoms. The Morgan fingerprint density at radius 2 is 1.94 bits per heavy atom. The minimum atomic E-state index is 1.17. The summed E-state index contributed by atoms with van der Waals surface area (Å²) < 4.78 is 1.42. The summed E-state index contributed by atoms with van der Waals surface area (Å²) in [5.74, 6) is 0. The van der Waals surface area contributed by atoms with Gasteiger partial charge in [0.2, 0.25) is 0 Å². The number of likely N-dealkylation sites (N-methyl/N-ethyl adjacent to an activating group) is 1. The molecular weight excluding hydrogens is 226 g/mol. The molecular formula is C15H21NS. The summed E-state index contributed by atoms with van der Waals surface area (Å²) in [6.45, 7) is 8.08. The Morgan fingerprint density at radius 3 is 2.65 bits per heavy atom. The van der Waals surface area contributed by atoms with Crippen molar-refractivity contribution in [2.45, 2.75) is 26.7 Å². The molecule has 0 N–H and O–H groups in total. The van der Waals surface area contributed by atoms with Crippen LogP contribution < -0.4 is 0 Å². The average molecular weight is 247 g/mol. The predicted octanol–water partition coefficient (Wildman–Crippen LogP) is 4.18. The SMILES string of the molecule is CCCN(CC)CCc1cc2ccccc2s1. The topological polar surface area (TPSA) is 3.24 Å². The molecule has 1 nitrogen and oxygen atoms in total. The first-order valence-electron chi connectivity index (χ1n) is 6.53. The van der Waals surface area contributed by atoms with E-state index in [2.05, 4.69) is 49.1 Å². The highest BCUT2D eigenvalue weighted by molar-refractivity contribution is 7.19. The van der Waals surface area contributed by atoms with Crippen molar-refractivity contribution in [3.63, 3.8) is 0 Å². The normalized spacial score (nSPS) is 11.5. The summed E-state index contributed by atoms with van der Waals surface area (Å²) in [4.78, 5) is 4.05. The van der Waals surface area contributed by atoms with Crippen LogP contribution in [0.1, 0.15) is 25.1 Å². The fourth-order valence-electron chi connectivity index (χ4n) is 2.17. The van der Waals surface area contributed by atoms with E-state index in [9.17, 15) is 0 Å². The predicted molar refractivity (Wildman–Crippen MR) is 77.9 cm³/mol. The molecule has 0 bridgehead atoms. The lowest BCUT2D eigenvalue weighted by Crippen LogP contribution is -2.26. The van der Waals surface area contributed by atoms with Gasteiger partial charge in [0.25, 0.3) is 0 Å². The third kappa shape index (κ3) is 3.30. The quantitative estimate of drug-likeness (QED) is 0.740. The van der Waals surface area contributed by atoms with Crippen LogP contribution >= 0.6 is 11.3 Å². The van der Waals surface area contributed by atoms with Crippen LogP contribution in [0.25, 0.3) is 10.1 Å². The van der Waals surface area contributed by atoms with Gasteiger partial charge in [0.15, 0.2) is 0 Å². The molecule has 0 fully saturated rings. The average Bonchev–Trinajstić information content (AvgIpc) is 2.77. The lowest BCUT2D eigenvalue weighted by molar-refractivity contribution is 0.293. The van der Waals surface area contributed by atoms with Crippen molar-refractivity contribution < 1.29 is 0 Å². The molecule has 17 heavy (non-hydrogen) atoms. The Labute approximate surface area is 108 Å². The van der Waals surface area contributed by atoms with Gasteiger partial charge in [-0.05, 0) is 43.5 Å². The third-order valence-electron chi connectivity index (χ3n) is 3.14. The van der Waals surface area contributed by atoms with E-state index < -0.39 is 0 Å². The number of nitrogens with zero attached hydrogens (tertiary/aromatic N) is 1. The molecule has 1 aromatic carbocycles. The Bertz CT molecular complexity index is 428. The van der Waals surface area contributed by atoms with Crippen molar-refractivity contribution in [2.75, 3.05) is 19.6 Å². The van der Waals surface area contributed by atoms with Crippen molar-refractivity contribution in [3.05, 3.63) is 35.2 Å². The van der Waals surface area contributed by atoms with E-state index in [1.807, 2.05) is 11.3 Å². The summed E-state index contributed by atoms with van der Waals surface area (Å²) in [6.07, 6.45) is 2.44. The molecule has 2 aromatic rings.